The zero-order valence-corrected chi connectivity index (χ0v) is 15.0. The number of rotatable bonds is 4. The van der Waals surface area contributed by atoms with Crippen LogP contribution in [0.15, 0.2) is 12.3 Å². The molecule has 3 rings (SSSR count). The van der Waals surface area contributed by atoms with Gasteiger partial charge in [0.05, 0.1) is 5.69 Å². The number of carbonyl (C=O) groups is 1. The molecule has 130 valence electrons. The molecule has 6 nitrogen and oxygen atoms in total. The molecule has 24 heavy (non-hydrogen) atoms. The Balaban J connectivity index is 1.66. The first kappa shape index (κ1) is 16.7. The smallest absolute Gasteiger partial charge is 0.225 e. The van der Waals surface area contributed by atoms with Crippen LogP contribution in [0.2, 0.25) is 0 Å². The van der Waals surface area contributed by atoms with E-state index in [9.17, 15) is 4.79 Å². The highest BCUT2D eigenvalue weighted by atomic mass is 16.2. The molecule has 0 aromatic carbocycles. The molecule has 1 fully saturated rings. The highest BCUT2D eigenvalue weighted by Gasteiger charge is 2.29. The lowest BCUT2D eigenvalue weighted by molar-refractivity contribution is -0.136. The Kier molecular flexibility index (Phi) is 4.73. The van der Waals surface area contributed by atoms with E-state index >= 15 is 0 Å². The van der Waals surface area contributed by atoms with Gasteiger partial charge in [-0.15, -0.1) is 0 Å². The van der Waals surface area contributed by atoms with Crippen molar-refractivity contribution < 1.29 is 4.79 Å². The Morgan fingerprint density at radius 2 is 2.25 bits per heavy atom. The average Bonchev–Trinajstić information content (AvgIpc) is 3.19. The van der Waals surface area contributed by atoms with Crippen LogP contribution in [0.5, 0.6) is 0 Å². The minimum absolute atomic E-state index is 0.0212. The molecule has 3 heterocycles. The summed E-state index contributed by atoms with van der Waals surface area (Å²) in [6, 6.07) is 2.02. The molecule has 0 unspecified atom stereocenters. The van der Waals surface area contributed by atoms with Crippen LogP contribution in [0.25, 0.3) is 0 Å². The van der Waals surface area contributed by atoms with E-state index in [0.717, 1.165) is 49.4 Å². The Hall–Kier alpha value is -2.11. The summed E-state index contributed by atoms with van der Waals surface area (Å²) in [7, 11) is 1.96. The van der Waals surface area contributed by atoms with Gasteiger partial charge in [0.25, 0.3) is 0 Å². The molecule has 6 heteroatoms. The van der Waals surface area contributed by atoms with Crippen molar-refractivity contribution in [2.24, 2.45) is 13.0 Å². The lowest BCUT2D eigenvalue weighted by Gasteiger charge is -2.34. The molecule has 2 aromatic heterocycles. The summed E-state index contributed by atoms with van der Waals surface area (Å²) in [6.07, 6.45) is 4.70. The van der Waals surface area contributed by atoms with E-state index in [1.54, 1.807) is 6.20 Å². The monoisotopic (exact) mass is 329 g/mol. The predicted octanol–water partition coefficient (Wildman–Crippen LogP) is 2.34. The lowest BCUT2D eigenvalue weighted by Crippen LogP contribution is -2.42. The van der Waals surface area contributed by atoms with Crippen molar-refractivity contribution in [2.45, 2.75) is 46.0 Å². The fraction of sp³-hybridized carbons (Fsp3) is 0.611. The molecule has 0 spiro atoms. The van der Waals surface area contributed by atoms with Gasteiger partial charge in [-0.1, -0.05) is 6.92 Å². The Morgan fingerprint density at radius 3 is 2.88 bits per heavy atom. The second kappa shape index (κ2) is 6.79. The van der Waals surface area contributed by atoms with Crippen LogP contribution in [-0.4, -0.2) is 43.9 Å². The standard InChI is InChI=1S/C18H27N5O/c1-12(10-16-13(2)21-22(4)14(16)3)18(24)23-9-5-6-15(11-23)17-7-8-19-20-17/h7-8,12,15H,5-6,9-11H2,1-4H3,(H,19,20)/t12-,15+/m0/s1. The molecule has 0 bridgehead atoms. The minimum atomic E-state index is -0.0212. The first-order chi connectivity index (χ1) is 11.5. The molecule has 1 aliphatic rings. The summed E-state index contributed by atoms with van der Waals surface area (Å²) in [4.78, 5) is 14.9. The summed E-state index contributed by atoms with van der Waals surface area (Å²) in [5.74, 6) is 0.605. The lowest BCUT2D eigenvalue weighted by atomic mass is 9.92. The van der Waals surface area contributed by atoms with Gasteiger partial charge >= 0.3 is 0 Å². The fourth-order valence-corrected chi connectivity index (χ4v) is 3.74. The van der Waals surface area contributed by atoms with Gasteiger partial charge in [-0.2, -0.15) is 10.2 Å². The van der Waals surface area contributed by atoms with Crippen LogP contribution in [-0.2, 0) is 18.3 Å². The zero-order chi connectivity index (χ0) is 17.3. The number of carbonyl (C=O) groups excluding carboxylic acids is 1. The van der Waals surface area contributed by atoms with Crippen molar-refractivity contribution >= 4 is 5.91 Å². The second-order valence-corrected chi connectivity index (χ2v) is 7.01. The van der Waals surface area contributed by atoms with Crippen LogP contribution in [0.4, 0.5) is 0 Å². The van der Waals surface area contributed by atoms with Crippen molar-refractivity contribution in [1.29, 1.82) is 0 Å². The molecular weight excluding hydrogens is 302 g/mol. The number of piperidine rings is 1. The van der Waals surface area contributed by atoms with E-state index in [0.29, 0.717) is 5.92 Å². The third-order valence-corrected chi connectivity index (χ3v) is 5.29. The average molecular weight is 329 g/mol. The van der Waals surface area contributed by atoms with Gasteiger partial charge in [-0.25, -0.2) is 0 Å². The number of aryl methyl sites for hydroxylation is 2. The molecule has 1 N–H and O–H groups in total. The molecule has 0 radical (unpaired) electrons. The van der Waals surface area contributed by atoms with Crippen molar-refractivity contribution in [2.75, 3.05) is 13.1 Å². The molecule has 1 aliphatic heterocycles. The molecule has 0 saturated carbocycles. The summed E-state index contributed by atoms with van der Waals surface area (Å²) in [5, 5.41) is 11.6. The second-order valence-electron chi connectivity index (χ2n) is 7.01. The number of aromatic nitrogens is 4. The maximum Gasteiger partial charge on any atom is 0.225 e. The number of aromatic amines is 1. The van der Waals surface area contributed by atoms with Gasteiger partial charge < -0.3 is 4.90 Å². The number of nitrogens with one attached hydrogen (secondary N) is 1. The third kappa shape index (κ3) is 3.23. The summed E-state index contributed by atoms with van der Waals surface area (Å²) >= 11 is 0. The molecule has 2 aromatic rings. The van der Waals surface area contributed by atoms with Crippen LogP contribution in [0.1, 0.15) is 48.3 Å². The summed E-state index contributed by atoms with van der Waals surface area (Å²) in [6.45, 7) is 7.78. The Labute approximate surface area is 143 Å². The zero-order valence-electron chi connectivity index (χ0n) is 15.0. The number of hydrogen-bond acceptors (Lipinski definition) is 3. The molecule has 0 aliphatic carbocycles. The van der Waals surface area contributed by atoms with Crippen LogP contribution in [0, 0.1) is 19.8 Å². The molecule has 2 atom stereocenters. The number of hydrogen-bond donors (Lipinski definition) is 1. The summed E-state index contributed by atoms with van der Waals surface area (Å²) in [5.41, 5.74) is 4.53. The minimum Gasteiger partial charge on any atom is -0.342 e. The maximum atomic E-state index is 12.9. The van der Waals surface area contributed by atoms with E-state index in [-0.39, 0.29) is 11.8 Å². The summed E-state index contributed by atoms with van der Waals surface area (Å²) < 4.78 is 1.90. The molecular formula is C18H27N5O. The Bertz CT molecular complexity index is 703. The van der Waals surface area contributed by atoms with Crippen LogP contribution < -0.4 is 0 Å². The van der Waals surface area contributed by atoms with Gasteiger partial charge in [0, 0.05) is 49.6 Å². The number of likely N-dealkylation sites (tertiary alicyclic amines) is 1. The Morgan fingerprint density at radius 1 is 1.46 bits per heavy atom. The number of nitrogens with zero attached hydrogens (tertiary/aromatic N) is 4. The topological polar surface area (TPSA) is 66.8 Å². The first-order valence-electron chi connectivity index (χ1n) is 8.74. The quantitative estimate of drug-likeness (QED) is 0.936. The van der Waals surface area contributed by atoms with E-state index in [1.807, 2.05) is 36.5 Å². The largest absolute Gasteiger partial charge is 0.342 e. The van der Waals surface area contributed by atoms with E-state index in [2.05, 4.69) is 22.2 Å². The van der Waals surface area contributed by atoms with E-state index in [1.165, 1.54) is 5.56 Å². The van der Waals surface area contributed by atoms with Gasteiger partial charge in [0.15, 0.2) is 0 Å². The van der Waals surface area contributed by atoms with Gasteiger partial charge in [0.1, 0.15) is 0 Å². The SMILES string of the molecule is Cc1nn(C)c(C)c1C[C@H](C)C(=O)N1CCC[C@@H](c2ccn[nH]2)C1. The number of amides is 1. The van der Waals surface area contributed by atoms with Gasteiger partial charge in [-0.05, 0) is 44.7 Å². The van der Waals surface area contributed by atoms with Crippen LogP contribution >= 0.6 is 0 Å². The van der Waals surface area contributed by atoms with Crippen molar-refractivity contribution in [1.82, 2.24) is 24.9 Å². The van der Waals surface area contributed by atoms with Crippen molar-refractivity contribution in [3.05, 3.63) is 34.9 Å². The van der Waals surface area contributed by atoms with E-state index in [4.69, 9.17) is 0 Å². The predicted molar refractivity (Wildman–Crippen MR) is 92.7 cm³/mol. The highest BCUT2D eigenvalue weighted by Crippen LogP contribution is 2.27. The maximum absolute atomic E-state index is 12.9. The van der Waals surface area contributed by atoms with Gasteiger partial charge in [0.2, 0.25) is 5.91 Å². The molecule has 1 saturated heterocycles. The normalized spacial score (nSPS) is 19.5. The third-order valence-electron chi connectivity index (χ3n) is 5.29. The fourth-order valence-electron chi connectivity index (χ4n) is 3.74. The number of H-pyrrole nitrogens is 1. The van der Waals surface area contributed by atoms with Gasteiger partial charge in [-0.3, -0.25) is 14.6 Å². The first-order valence-corrected chi connectivity index (χ1v) is 8.74. The van der Waals surface area contributed by atoms with Crippen LogP contribution in [0.3, 0.4) is 0 Å². The van der Waals surface area contributed by atoms with Crippen molar-refractivity contribution in [3.8, 4) is 0 Å². The van der Waals surface area contributed by atoms with E-state index < -0.39 is 0 Å². The van der Waals surface area contributed by atoms with Crippen molar-refractivity contribution in [3.63, 3.8) is 0 Å². The highest BCUT2D eigenvalue weighted by molar-refractivity contribution is 5.79. The molecule has 1 amide bonds.